The number of aliphatic carboxylic acids is 2. The van der Waals surface area contributed by atoms with Crippen LogP contribution in [0.4, 0.5) is 0 Å². The van der Waals surface area contributed by atoms with Gasteiger partial charge in [-0.3, -0.25) is 19.2 Å². The monoisotopic (exact) mass is 840 g/mol. The number of ether oxygens (including phenoxy) is 2. The summed E-state index contributed by atoms with van der Waals surface area (Å²) in [6.07, 6.45) is 24.7. The summed E-state index contributed by atoms with van der Waals surface area (Å²) >= 11 is 0. The molecule has 0 unspecified atom stereocenters. The van der Waals surface area contributed by atoms with E-state index in [1.165, 1.54) is 0 Å². The van der Waals surface area contributed by atoms with Gasteiger partial charge in [0.1, 0.15) is 0 Å². The van der Waals surface area contributed by atoms with E-state index in [4.69, 9.17) is 9.47 Å². The zero-order chi connectivity index (χ0) is 43.8. The molecule has 0 saturated heterocycles. The van der Waals surface area contributed by atoms with Crippen molar-refractivity contribution in [3.05, 3.63) is 130 Å². The molecule has 2 aliphatic rings. The Balaban J connectivity index is 0.0000174. The fraction of sp³-hybridized carbons (Fsp3) is 0.417. The first-order valence-electron chi connectivity index (χ1n) is 19.4. The first kappa shape index (κ1) is 56.4. The number of esters is 2. The van der Waals surface area contributed by atoms with E-state index < -0.39 is 59.8 Å². The van der Waals surface area contributed by atoms with Crippen LogP contribution in [-0.2, 0) is 38.2 Å². The number of carboxylic acid groups (broad SMARTS) is 2. The topological polar surface area (TPSA) is 167 Å². The molecule has 0 fully saturated rings. The molecule has 0 saturated carbocycles. The Morgan fingerprint density at radius 1 is 0.550 bits per heavy atom. The van der Waals surface area contributed by atoms with Gasteiger partial charge in [-0.1, -0.05) is 135 Å². The molecule has 2 atom stereocenters. The first-order valence-corrected chi connectivity index (χ1v) is 19.4. The van der Waals surface area contributed by atoms with E-state index in [2.05, 4.69) is 0 Å². The number of carbonyl (C=O) groups excluding carboxylic acids is 6. The maximum absolute atomic E-state index is 13.0. The smallest absolute Gasteiger partial charge is 0.550 e. The van der Waals surface area contributed by atoms with Crippen LogP contribution in [0.5, 0.6) is 0 Å². The predicted octanol–water partition coefficient (Wildman–Crippen LogP) is 1.08. The molecule has 312 valence electrons. The van der Waals surface area contributed by atoms with Gasteiger partial charge >= 0.3 is 71.1 Å². The molecule has 0 bridgehead atoms. The van der Waals surface area contributed by atoms with Crippen molar-refractivity contribution in [1.82, 2.24) is 0 Å². The molecule has 0 aromatic rings. The van der Waals surface area contributed by atoms with Crippen molar-refractivity contribution in [2.75, 3.05) is 0 Å². The summed E-state index contributed by atoms with van der Waals surface area (Å²) in [6.45, 7) is 19.3. The van der Waals surface area contributed by atoms with Gasteiger partial charge in [-0.2, -0.15) is 0 Å². The van der Waals surface area contributed by atoms with Crippen LogP contribution in [0.15, 0.2) is 130 Å². The summed E-state index contributed by atoms with van der Waals surface area (Å²) in [7, 11) is 0. The third-order valence-corrected chi connectivity index (χ3v) is 9.89. The van der Waals surface area contributed by atoms with Crippen LogP contribution < -0.4 is 69.3 Å². The molecule has 0 N–H and O–H groups in total. The maximum atomic E-state index is 13.0. The van der Waals surface area contributed by atoms with Gasteiger partial charge < -0.3 is 29.3 Å². The Kier molecular flexibility index (Phi) is 25.0. The van der Waals surface area contributed by atoms with Crippen LogP contribution in [-0.4, -0.2) is 47.7 Å². The van der Waals surface area contributed by atoms with Crippen molar-refractivity contribution >= 4 is 35.4 Å². The fourth-order valence-electron chi connectivity index (χ4n) is 6.60. The number of carbonyl (C=O) groups is 6. The number of allylic oxidation sites excluding steroid dienone is 20. The minimum Gasteiger partial charge on any atom is -0.550 e. The Hall–Kier alpha value is -3.64. The molecule has 0 aliphatic heterocycles. The number of carboxylic acids is 2. The summed E-state index contributed by atoms with van der Waals surface area (Å²) in [6, 6.07) is 0. The maximum Gasteiger partial charge on any atom is 1.00 e. The molecule has 12 heteroatoms. The molecule has 0 heterocycles. The average molecular weight is 841 g/mol. The molecular formula is C48H58Na2O10. The van der Waals surface area contributed by atoms with E-state index in [0.717, 1.165) is 33.4 Å². The van der Waals surface area contributed by atoms with E-state index in [1.807, 2.05) is 140 Å². The predicted molar refractivity (Wildman–Crippen MR) is 221 cm³/mol. The summed E-state index contributed by atoms with van der Waals surface area (Å²) in [5.41, 5.74) is 5.92. The van der Waals surface area contributed by atoms with Crippen LogP contribution in [0.3, 0.4) is 0 Å². The summed E-state index contributed by atoms with van der Waals surface area (Å²) < 4.78 is 10.6. The molecule has 0 aromatic heterocycles. The number of rotatable bonds is 18. The quantitative estimate of drug-likeness (QED) is 0.111. The van der Waals surface area contributed by atoms with Crippen LogP contribution in [0, 0.1) is 10.8 Å². The Morgan fingerprint density at radius 2 is 0.850 bits per heavy atom. The molecule has 0 amide bonds. The Morgan fingerprint density at radius 3 is 1.17 bits per heavy atom. The molecule has 0 spiro atoms. The summed E-state index contributed by atoms with van der Waals surface area (Å²) in [5, 5.41) is 21.3. The van der Waals surface area contributed by atoms with Gasteiger partial charge in [0.25, 0.3) is 0 Å². The molecule has 10 nitrogen and oxygen atoms in total. The van der Waals surface area contributed by atoms with Gasteiger partial charge in [-0.25, -0.2) is 0 Å². The average Bonchev–Trinajstić information content (AvgIpc) is 3.12. The normalized spacial score (nSPS) is 20.4. The minimum atomic E-state index is -1.34. The van der Waals surface area contributed by atoms with Crippen LogP contribution >= 0.6 is 0 Å². The fourth-order valence-corrected chi connectivity index (χ4v) is 6.60. The molecular weight excluding hydrogens is 782 g/mol. The van der Waals surface area contributed by atoms with Gasteiger partial charge in [0.2, 0.25) is 0 Å². The third-order valence-electron chi connectivity index (χ3n) is 9.89. The van der Waals surface area contributed by atoms with Crippen molar-refractivity contribution in [1.29, 1.82) is 0 Å². The largest absolute Gasteiger partial charge is 1.00 e. The van der Waals surface area contributed by atoms with E-state index in [-0.39, 0.29) is 83.5 Å². The van der Waals surface area contributed by atoms with Crippen LogP contribution in [0.25, 0.3) is 0 Å². The molecule has 2 rings (SSSR count). The second kappa shape index (κ2) is 26.6. The van der Waals surface area contributed by atoms with E-state index in [0.29, 0.717) is 24.0 Å². The van der Waals surface area contributed by atoms with Gasteiger partial charge in [-0.05, 0) is 87.5 Å². The second-order valence-corrected chi connectivity index (χ2v) is 16.1. The third kappa shape index (κ3) is 19.4. The van der Waals surface area contributed by atoms with Gasteiger partial charge in [0.05, 0.1) is 12.8 Å². The van der Waals surface area contributed by atoms with Gasteiger partial charge in [0, 0.05) is 24.8 Å². The van der Waals surface area contributed by atoms with E-state index in [9.17, 15) is 39.0 Å². The minimum absolute atomic E-state index is 0. The van der Waals surface area contributed by atoms with Crippen molar-refractivity contribution in [2.45, 2.75) is 120 Å². The SMILES string of the molecule is CC1=C(/C=C/C(C)=C/C=C/C(C)=C/C=C/C=C(C)/C=C/C=C(C)/C=C/C2=C(C)C(=O)[C@H](OC(=O)CCC(=O)[O-])CC2(C)C)C(C)(C)C[C@H](OC(=O)CCC(=O)[O-])C1=O.[Na+].[Na+]. The number of hydrogen-bond acceptors (Lipinski definition) is 10. The zero-order valence-corrected chi connectivity index (χ0v) is 41.6. The molecule has 0 aromatic carbocycles. The zero-order valence-electron chi connectivity index (χ0n) is 37.6. The van der Waals surface area contributed by atoms with Gasteiger partial charge in [-0.15, -0.1) is 0 Å². The standard InChI is InChI=1S/C48H60O10.2Na/c1-31(17-13-19-33(3)21-23-37-35(5)45(55)39(29-47(37,7)8)57-43(53)27-25-41(49)50)15-11-12-16-32(2)18-14-20-34(4)22-24-38-36(6)46(56)40(30-48(38,9)10)58-44(54)28-26-42(51)52;;/h11-24,39-40H,25-30H2,1-10H3,(H,49,50)(H,51,52);;/q;2*+1/p-2/b12-11+,17-13+,18-14+,23-21+,24-22+,31-15+,32-16+,33-19+,34-20+;;/t39-,40+;;. The second-order valence-electron chi connectivity index (χ2n) is 16.1. The number of Topliss-reactive ketones (excluding diaryl/α,β-unsaturated/α-hetero) is 2. The van der Waals surface area contributed by atoms with Crippen molar-refractivity contribution in [3.8, 4) is 0 Å². The summed E-state index contributed by atoms with van der Waals surface area (Å²) in [5.74, 6) is -4.71. The Labute approximate surface area is 400 Å². The van der Waals surface area contributed by atoms with Crippen LogP contribution in [0.2, 0.25) is 0 Å². The molecule has 60 heavy (non-hydrogen) atoms. The number of hydrogen-bond donors (Lipinski definition) is 0. The van der Waals surface area contributed by atoms with E-state index in [1.54, 1.807) is 13.8 Å². The van der Waals surface area contributed by atoms with Crippen molar-refractivity contribution < 1.29 is 108 Å². The van der Waals surface area contributed by atoms with Crippen molar-refractivity contribution in [2.24, 2.45) is 10.8 Å². The van der Waals surface area contributed by atoms with Gasteiger partial charge in [0.15, 0.2) is 23.8 Å². The number of ketones is 2. The molecule has 2 aliphatic carbocycles. The molecule has 0 radical (unpaired) electrons. The Bertz CT molecular complexity index is 1830. The van der Waals surface area contributed by atoms with Crippen LogP contribution in [0.1, 0.15) is 108 Å². The first-order chi connectivity index (χ1) is 27.0. The van der Waals surface area contributed by atoms with E-state index >= 15 is 0 Å². The van der Waals surface area contributed by atoms with Crippen molar-refractivity contribution in [3.63, 3.8) is 0 Å². The summed E-state index contributed by atoms with van der Waals surface area (Å²) in [4.78, 5) is 71.4.